The third-order valence-corrected chi connectivity index (χ3v) is 7.16. The summed E-state index contributed by atoms with van der Waals surface area (Å²) >= 11 is 12.2. The second kappa shape index (κ2) is 9.87. The topological polar surface area (TPSA) is 74.2 Å². The average Bonchev–Trinajstić information content (AvgIpc) is 3.41. The van der Waals surface area contributed by atoms with Gasteiger partial charge in [-0.2, -0.15) is 5.26 Å². The average molecular weight is 519 g/mol. The predicted octanol–water partition coefficient (Wildman–Crippen LogP) is 5.64. The quantitative estimate of drug-likeness (QED) is 0.358. The second-order valence-electron chi connectivity index (χ2n) is 8.94. The summed E-state index contributed by atoms with van der Waals surface area (Å²) in [6.07, 6.45) is 0.561. The van der Waals surface area contributed by atoms with Crippen LogP contribution in [0.5, 0.6) is 5.88 Å². The molecule has 1 atom stereocenters. The summed E-state index contributed by atoms with van der Waals surface area (Å²) in [5.74, 6) is -0.0697. The monoisotopic (exact) mass is 518 g/mol. The molecule has 1 aromatic heterocycles. The zero-order valence-electron chi connectivity index (χ0n) is 19.7. The summed E-state index contributed by atoms with van der Waals surface area (Å²) in [5, 5.41) is 20.8. The highest BCUT2D eigenvalue weighted by Gasteiger charge is 2.33. The second-order valence-corrected chi connectivity index (χ2v) is 9.81. The summed E-state index contributed by atoms with van der Waals surface area (Å²) in [7, 11) is 0. The van der Waals surface area contributed by atoms with Crippen molar-refractivity contribution in [1.82, 2.24) is 14.0 Å². The van der Waals surface area contributed by atoms with Gasteiger partial charge in [0.25, 0.3) is 0 Å². The minimum Gasteiger partial charge on any atom is -0.493 e. The molecule has 1 aliphatic rings. The van der Waals surface area contributed by atoms with E-state index in [9.17, 15) is 9.90 Å². The van der Waals surface area contributed by atoms with E-state index in [0.717, 1.165) is 29.8 Å². The molecular formula is C28H24Cl2N4O2. The highest BCUT2D eigenvalue weighted by molar-refractivity contribution is 6.34. The molecule has 0 radical (unpaired) electrons. The smallest absolute Gasteiger partial charge is 0.335 e. The maximum absolute atomic E-state index is 13.2. The van der Waals surface area contributed by atoms with Crippen LogP contribution in [-0.2, 0) is 19.5 Å². The number of hydrogen-bond donors (Lipinski definition) is 1. The third kappa shape index (κ3) is 4.54. The van der Waals surface area contributed by atoms with Gasteiger partial charge in [-0.15, -0.1) is 0 Å². The zero-order valence-corrected chi connectivity index (χ0v) is 21.2. The molecule has 1 N–H and O–H groups in total. The van der Waals surface area contributed by atoms with Gasteiger partial charge in [0.1, 0.15) is 0 Å². The first-order valence-corrected chi connectivity index (χ1v) is 12.5. The number of likely N-dealkylation sites (N-methyl/N-ethyl adjacent to an activating group) is 1. The molecule has 0 fully saturated rings. The summed E-state index contributed by atoms with van der Waals surface area (Å²) in [6.45, 7) is 4.11. The van der Waals surface area contributed by atoms with Gasteiger partial charge in [0.05, 0.1) is 23.0 Å². The van der Waals surface area contributed by atoms with Crippen LogP contribution in [0.25, 0.3) is 16.8 Å². The minimum absolute atomic E-state index is 0.0697. The normalized spacial score (nSPS) is 14.7. The number of halogens is 2. The molecule has 0 amide bonds. The number of rotatable bonds is 6. The third-order valence-electron chi connectivity index (χ3n) is 6.73. The van der Waals surface area contributed by atoms with Gasteiger partial charge in [-0.05, 0) is 59.6 Å². The molecule has 2 heterocycles. The Kier molecular flexibility index (Phi) is 6.63. The van der Waals surface area contributed by atoms with Crippen LogP contribution in [0.2, 0.25) is 10.0 Å². The van der Waals surface area contributed by atoms with E-state index in [4.69, 9.17) is 28.5 Å². The summed E-state index contributed by atoms with van der Waals surface area (Å²) in [5.41, 5.74) is 4.70. The molecule has 0 saturated carbocycles. The van der Waals surface area contributed by atoms with Gasteiger partial charge in [-0.3, -0.25) is 9.47 Å². The van der Waals surface area contributed by atoms with Gasteiger partial charge >= 0.3 is 5.69 Å². The highest BCUT2D eigenvalue weighted by atomic mass is 35.5. The molecule has 36 heavy (non-hydrogen) atoms. The Hall–Kier alpha value is -3.50. The van der Waals surface area contributed by atoms with Crippen LogP contribution in [0, 0.1) is 11.3 Å². The Balaban J connectivity index is 1.37. The predicted molar refractivity (Wildman–Crippen MR) is 142 cm³/mol. The van der Waals surface area contributed by atoms with Crippen LogP contribution in [0.4, 0.5) is 0 Å². The lowest BCUT2D eigenvalue weighted by molar-refractivity contribution is 0.192. The zero-order chi connectivity index (χ0) is 25.4. The SMILES string of the molecule is CCN(Cc1cccc(-c2ccc(C#N)cc2)c1)[C@H]1Cc2c(O)n(-c3cc(Cl)cc(Cl)c3)c(=O)n2C1. The number of fused-ring (bicyclic) bond motifs is 1. The van der Waals surface area contributed by atoms with E-state index in [1.807, 2.05) is 30.3 Å². The lowest BCUT2D eigenvalue weighted by atomic mass is 10.0. The van der Waals surface area contributed by atoms with E-state index >= 15 is 0 Å². The Morgan fingerprint density at radius 2 is 1.78 bits per heavy atom. The molecule has 6 nitrogen and oxygen atoms in total. The largest absolute Gasteiger partial charge is 0.493 e. The van der Waals surface area contributed by atoms with Crippen molar-refractivity contribution in [3.8, 4) is 28.8 Å². The van der Waals surface area contributed by atoms with Crippen molar-refractivity contribution in [3.63, 3.8) is 0 Å². The molecule has 0 aliphatic carbocycles. The molecule has 3 aromatic carbocycles. The van der Waals surface area contributed by atoms with Crippen LogP contribution in [0.3, 0.4) is 0 Å². The van der Waals surface area contributed by atoms with E-state index < -0.39 is 0 Å². The van der Waals surface area contributed by atoms with Crippen molar-refractivity contribution in [3.05, 3.63) is 104 Å². The number of benzene rings is 3. The van der Waals surface area contributed by atoms with Gasteiger partial charge < -0.3 is 5.11 Å². The maximum Gasteiger partial charge on any atom is 0.335 e. The van der Waals surface area contributed by atoms with E-state index in [1.165, 1.54) is 4.57 Å². The van der Waals surface area contributed by atoms with Crippen molar-refractivity contribution >= 4 is 23.2 Å². The molecule has 0 bridgehead atoms. The van der Waals surface area contributed by atoms with Crippen molar-refractivity contribution in [2.45, 2.75) is 32.5 Å². The molecule has 0 unspecified atom stereocenters. The van der Waals surface area contributed by atoms with Crippen LogP contribution in [0.1, 0.15) is 23.7 Å². The lowest BCUT2D eigenvalue weighted by Crippen LogP contribution is -2.37. The Morgan fingerprint density at radius 3 is 2.42 bits per heavy atom. The van der Waals surface area contributed by atoms with Crippen molar-refractivity contribution in [2.75, 3.05) is 6.54 Å². The minimum atomic E-state index is -0.304. The number of aromatic hydroxyl groups is 1. The molecule has 182 valence electrons. The van der Waals surface area contributed by atoms with Crippen molar-refractivity contribution < 1.29 is 5.11 Å². The van der Waals surface area contributed by atoms with Crippen LogP contribution >= 0.6 is 23.2 Å². The molecule has 1 aliphatic heterocycles. The standard InChI is InChI=1S/C28H24Cl2N4O2/c1-2-32(16-19-4-3-5-21(10-19)20-8-6-18(15-31)7-9-20)25-14-26-27(35)34(28(36)33(26)17-25)24-12-22(29)11-23(30)13-24/h3-13,25,35H,2,14,16-17H2,1H3/t25-/m0/s1. The Labute approximate surface area is 219 Å². The van der Waals surface area contributed by atoms with Crippen LogP contribution < -0.4 is 5.69 Å². The molecule has 0 saturated heterocycles. The molecular weight excluding hydrogens is 495 g/mol. The van der Waals surface area contributed by atoms with E-state index in [2.05, 4.69) is 36.1 Å². The fourth-order valence-corrected chi connectivity index (χ4v) is 5.45. The van der Waals surface area contributed by atoms with E-state index in [-0.39, 0.29) is 17.6 Å². The lowest BCUT2D eigenvalue weighted by Gasteiger charge is -2.27. The van der Waals surface area contributed by atoms with E-state index in [1.54, 1.807) is 22.8 Å². The van der Waals surface area contributed by atoms with Crippen LogP contribution in [0.15, 0.2) is 71.5 Å². The number of imidazole rings is 1. The Morgan fingerprint density at radius 1 is 1.06 bits per heavy atom. The van der Waals surface area contributed by atoms with E-state index in [0.29, 0.717) is 40.0 Å². The van der Waals surface area contributed by atoms with Gasteiger partial charge in [0.2, 0.25) is 5.88 Å². The first kappa shape index (κ1) is 24.2. The summed E-state index contributed by atoms with van der Waals surface area (Å²) < 4.78 is 2.91. The fraction of sp³-hybridized carbons (Fsp3) is 0.214. The first-order valence-electron chi connectivity index (χ1n) is 11.7. The molecule has 5 rings (SSSR count). The number of aromatic nitrogens is 2. The van der Waals surface area contributed by atoms with Crippen LogP contribution in [-0.4, -0.2) is 31.7 Å². The summed E-state index contributed by atoms with van der Waals surface area (Å²) in [6, 6.07) is 23.0. The van der Waals surface area contributed by atoms with Gasteiger partial charge in [-0.25, -0.2) is 9.36 Å². The molecule has 4 aromatic rings. The van der Waals surface area contributed by atoms with Gasteiger partial charge in [0, 0.05) is 35.6 Å². The van der Waals surface area contributed by atoms with Gasteiger partial charge in [-0.1, -0.05) is 60.5 Å². The first-order chi connectivity index (χ1) is 17.4. The Bertz CT molecular complexity index is 1510. The molecule has 0 spiro atoms. The van der Waals surface area contributed by atoms with Crippen molar-refractivity contribution in [1.29, 1.82) is 5.26 Å². The number of nitriles is 1. The number of nitrogens with zero attached hydrogens (tertiary/aromatic N) is 4. The fourth-order valence-electron chi connectivity index (χ4n) is 4.93. The maximum atomic E-state index is 13.2. The number of hydrogen-bond acceptors (Lipinski definition) is 4. The highest BCUT2D eigenvalue weighted by Crippen LogP contribution is 2.31. The molecule has 8 heteroatoms. The van der Waals surface area contributed by atoms with Crippen molar-refractivity contribution in [2.24, 2.45) is 0 Å². The van der Waals surface area contributed by atoms with Gasteiger partial charge in [0.15, 0.2) is 0 Å². The summed E-state index contributed by atoms with van der Waals surface area (Å²) in [4.78, 5) is 15.5.